The number of hydrogen-bond donors (Lipinski definition) is 2. The summed E-state index contributed by atoms with van der Waals surface area (Å²) < 4.78 is 5.53. The highest BCUT2D eigenvalue weighted by Gasteiger charge is 2.14. The highest BCUT2D eigenvalue weighted by atomic mass is 16.5. The van der Waals surface area contributed by atoms with Crippen LogP contribution in [-0.2, 0) is 0 Å². The number of ether oxygens (including phenoxy) is 1. The summed E-state index contributed by atoms with van der Waals surface area (Å²) >= 11 is 0. The normalized spacial score (nSPS) is 12.6. The molecule has 108 valence electrons. The maximum absolute atomic E-state index is 5.53. The largest absolute Gasteiger partial charge is 0.461 e. The molecular formula is C13H25N5O. The van der Waals surface area contributed by atoms with Gasteiger partial charge >= 0.3 is 6.01 Å². The van der Waals surface area contributed by atoms with Crippen LogP contribution in [0, 0.1) is 5.92 Å². The van der Waals surface area contributed by atoms with Crippen molar-refractivity contribution in [3.05, 3.63) is 0 Å². The SMILES string of the molecule is CCC(Nc1nc(NC)nc(OC(C)C)n1)C(C)C. The van der Waals surface area contributed by atoms with E-state index in [2.05, 4.69) is 46.4 Å². The fraction of sp³-hybridized carbons (Fsp3) is 0.769. The van der Waals surface area contributed by atoms with E-state index in [0.29, 0.717) is 29.9 Å². The van der Waals surface area contributed by atoms with Crippen LogP contribution >= 0.6 is 0 Å². The number of nitrogens with zero attached hydrogens (tertiary/aromatic N) is 3. The maximum Gasteiger partial charge on any atom is 0.323 e. The molecule has 1 aromatic rings. The molecule has 6 heteroatoms. The van der Waals surface area contributed by atoms with Crippen LogP contribution in [0.15, 0.2) is 0 Å². The van der Waals surface area contributed by atoms with E-state index in [9.17, 15) is 0 Å². The minimum Gasteiger partial charge on any atom is -0.461 e. The van der Waals surface area contributed by atoms with Gasteiger partial charge in [0.15, 0.2) is 0 Å². The van der Waals surface area contributed by atoms with Crippen LogP contribution in [0.3, 0.4) is 0 Å². The fourth-order valence-electron chi connectivity index (χ4n) is 1.70. The third kappa shape index (κ3) is 4.89. The van der Waals surface area contributed by atoms with Crippen molar-refractivity contribution < 1.29 is 4.74 Å². The first-order valence-electron chi connectivity index (χ1n) is 6.83. The Hall–Kier alpha value is -1.59. The summed E-state index contributed by atoms with van der Waals surface area (Å²) in [5.74, 6) is 1.57. The molecule has 0 saturated heterocycles. The quantitative estimate of drug-likeness (QED) is 0.791. The molecule has 19 heavy (non-hydrogen) atoms. The van der Waals surface area contributed by atoms with Crippen molar-refractivity contribution in [2.75, 3.05) is 17.7 Å². The summed E-state index contributed by atoms with van der Waals surface area (Å²) in [6.45, 7) is 10.4. The van der Waals surface area contributed by atoms with E-state index in [-0.39, 0.29) is 6.10 Å². The van der Waals surface area contributed by atoms with Crippen molar-refractivity contribution in [2.45, 2.75) is 53.2 Å². The third-order valence-corrected chi connectivity index (χ3v) is 2.74. The maximum atomic E-state index is 5.53. The molecule has 1 aromatic heterocycles. The molecule has 0 aliphatic heterocycles. The summed E-state index contributed by atoms with van der Waals surface area (Å²) in [4.78, 5) is 12.8. The van der Waals surface area contributed by atoms with E-state index < -0.39 is 0 Å². The van der Waals surface area contributed by atoms with Gasteiger partial charge in [-0.25, -0.2) is 0 Å². The van der Waals surface area contributed by atoms with Gasteiger partial charge in [0.05, 0.1) is 6.10 Å². The van der Waals surface area contributed by atoms with Gasteiger partial charge in [-0.05, 0) is 26.2 Å². The van der Waals surface area contributed by atoms with E-state index in [4.69, 9.17) is 4.74 Å². The van der Waals surface area contributed by atoms with Gasteiger partial charge in [-0.1, -0.05) is 20.8 Å². The van der Waals surface area contributed by atoms with Crippen molar-refractivity contribution in [2.24, 2.45) is 5.92 Å². The van der Waals surface area contributed by atoms with Crippen LogP contribution in [-0.4, -0.2) is 34.1 Å². The smallest absolute Gasteiger partial charge is 0.323 e. The average Bonchev–Trinajstić information content (AvgIpc) is 2.34. The molecule has 2 N–H and O–H groups in total. The van der Waals surface area contributed by atoms with Crippen LogP contribution in [0.2, 0.25) is 0 Å². The molecular weight excluding hydrogens is 242 g/mol. The van der Waals surface area contributed by atoms with E-state index >= 15 is 0 Å². The van der Waals surface area contributed by atoms with Gasteiger partial charge in [0, 0.05) is 13.1 Å². The van der Waals surface area contributed by atoms with Gasteiger partial charge in [-0.3, -0.25) is 0 Å². The molecule has 1 unspecified atom stereocenters. The number of rotatable bonds is 7. The second kappa shape index (κ2) is 7.11. The van der Waals surface area contributed by atoms with Crippen LogP contribution < -0.4 is 15.4 Å². The Labute approximate surface area is 115 Å². The highest BCUT2D eigenvalue weighted by Crippen LogP contribution is 2.16. The summed E-state index contributed by atoms with van der Waals surface area (Å²) in [6.07, 6.45) is 1.05. The van der Waals surface area contributed by atoms with Gasteiger partial charge in [0.2, 0.25) is 11.9 Å². The van der Waals surface area contributed by atoms with Crippen LogP contribution in [0.25, 0.3) is 0 Å². The Morgan fingerprint density at radius 2 is 1.68 bits per heavy atom. The molecule has 0 aliphatic rings. The molecule has 0 saturated carbocycles. The van der Waals surface area contributed by atoms with Gasteiger partial charge in [0.1, 0.15) is 0 Å². The predicted molar refractivity (Wildman–Crippen MR) is 77.7 cm³/mol. The summed E-state index contributed by atoms with van der Waals surface area (Å²) in [6, 6.07) is 0.675. The minimum atomic E-state index is 0.0343. The molecule has 0 fully saturated rings. The van der Waals surface area contributed by atoms with Crippen molar-refractivity contribution in [1.82, 2.24) is 15.0 Å². The van der Waals surface area contributed by atoms with Gasteiger partial charge in [-0.15, -0.1) is 0 Å². The third-order valence-electron chi connectivity index (χ3n) is 2.74. The van der Waals surface area contributed by atoms with Crippen molar-refractivity contribution in [1.29, 1.82) is 0 Å². The molecule has 6 nitrogen and oxygen atoms in total. The predicted octanol–water partition coefficient (Wildman–Crippen LogP) is 2.55. The lowest BCUT2D eigenvalue weighted by Gasteiger charge is -2.21. The van der Waals surface area contributed by atoms with E-state index in [1.165, 1.54) is 0 Å². The lowest BCUT2D eigenvalue weighted by molar-refractivity contribution is 0.222. The molecule has 0 aromatic carbocycles. The molecule has 0 aliphatic carbocycles. The summed E-state index contributed by atoms with van der Waals surface area (Å²) in [5, 5.41) is 6.25. The lowest BCUT2D eigenvalue weighted by atomic mass is 10.0. The van der Waals surface area contributed by atoms with E-state index in [0.717, 1.165) is 6.42 Å². The topological polar surface area (TPSA) is 72.0 Å². The number of anilines is 2. The second-order valence-corrected chi connectivity index (χ2v) is 5.08. The Kier molecular flexibility index (Phi) is 5.79. The van der Waals surface area contributed by atoms with Crippen LogP contribution in [0.4, 0.5) is 11.9 Å². The average molecular weight is 267 g/mol. The van der Waals surface area contributed by atoms with Gasteiger partial charge in [0.25, 0.3) is 0 Å². The zero-order valence-electron chi connectivity index (χ0n) is 12.7. The van der Waals surface area contributed by atoms with Gasteiger partial charge < -0.3 is 15.4 Å². The Bertz CT molecular complexity index is 395. The van der Waals surface area contributed by atoms with Crippen molar-refractivity contribution >= 4 is 11.9 Å². The molecule has 0 bridgehead atoms. The van der Waals surface area contributed by atoms with Crippen molar-refractivity contribution in [3.63, 3.8) is 0 Å². The van der Waals surface area contributed by atoms with Crippen LogP contribution in [0.1, 0.15) is 41.0 Å². The standard InChI is InChI=1S/C13H25N5O/c1-7-10(8(2)3)15-12-16-11(14-6)17-13(18-12)19-9(4)5/h8-10H,7H2,1-6H3,(H2,14,15,16,17,18). The zero-order chi connectivity index (χ0) is 14.4. The first-order valence-corrected chi connectivity index (χ1v) is 6.83. The first-order chi connectivity index (χ1) is 8.96. The second-order valence-electron chi connectivity index (χ2n) is 5.08. The number of hydrogen-bond acceptors (Lipinski definition) is 6. The zero-order valence-corrected chi connectivity index (χ0v) is 12.7. The first kappa shape index (κ1) is 15.5. The van der Waals surface area contributed by atoms with Crippen molar-refractivity contribution in [3.8, 4) is 6.01 Å². The summed E-state index contributed by atoms with van der Waals surface area (Å²) in [5.41, 5.74) is 0. The Morgan fingerprint density at radius 1 is 1.05 bits per heavy atom. The van der Waals surface area contributed by atoms with E-state index in [1.54, 1.807) is 7.05 Å². The molecule has 1 heterocycles. The summed E-state index contributed by atoms with van der Waals surface area (Å²) in [7, 11) is 1.78. The Balaban J connectivity index is 2.92. The van der Waals surface area contributed by atoms with Crippen LogP contribution in [0.5, 0.6) is 6.01 Å². The number of nitrogens with one attached hydrogen (secondary N) is 2. The Morgan fingerprint density at radius 3 is 2.16 bits per heavy atom. The molecule has 0 spiro atoms. The molecule has 0 radical (unpaired) electrons. The minimum absolute atomic E-state index is 0.0343. The lowest BCUT2D eigenvalue weighted by Crippen LogP contribution is -2.26. The van der Waals surface area contributed by atoms with E-state index in [1.807, 2.05) is 13.8 Å². The molecule has 1 atom stereocenters. The fourth-order valence-corrected chi connectivity index (χ4v) is 1.70. The van der Waals surface area contributed by atoms with Gasteiger partial charge in [-0.2, -0.15) is 15.0 Å². The molecule has 0 amide bonds. The monoisotopic (exact) mass is 267 g/mol. The number of aromatic nitrogens is 3. The highest BCUT2D eigenvalue weighted by molar-refractivity contribution is 5.36. The molecule has 1 rings (SSSR count).